The van der Waals surface area contributed by atoms with Crippen molar-refractivity contribution < 1.29 is 28.0 Å². The van der Waals surface area contributed by atoms with E-state index in [2.05, 4.69) is 84.3 Å². The second-order valence-electron chi connectivity index (χ2n) is 15.5. The van der Waals surface area contributed by atoms with Crippen LogP contribution in [0.15, 0.2) is 101 Å². The Morgan fingerprint density at radius 1 is 1.18 bits per heavy atom. The molecule has 5 rings (SSSR count). The fourth-order valence-corrected chi connectivity index (χ4v) is 8.97. The van der Waals surface area contributed by atoms with E-state index in [0.29, 0.717) is 30.7 Å². The molecule has 2 aliphatic rings. The summed E-state index contributed by atoms with van der Waals surface area (Å²) >= 11 is 0. The van der Waals surface area contributed by atoms with Crippen LogP contribution in [0.1, 0.15) is 72.1 Å². The zero-order valence-electron chi connectivity index (χ0n) is 36.9. The number of aromatic amines is 1. The van der Waals surface area contributed by atoms with E-state index >= 15 is 0 Å². The molecule has 16 heteroatoms. The molecule has 1 aliphatic heterocycles. The molecule has 0 amide bonds. The molecule has 2 aromatic heterocycles. The number of ether oxygens (including phenoxy) is 4. The van der Waals surface area contributed by atoms with Gasteiger partial charge >= 0.3 is 0 Å². The van der Waals surface area contributed by atoms with Gasteiger partial charge in [-0.3, -0.25) is 14.3 Å². The Morgan fingerprint density at radius 3 is 2.56 bits per heavy atom. The van der Waals surface area contributed by atoms with Crippen molar-refractivity contribution in [1.82, 2.24) is 29.1 Å². The molecule has 1 fully saturated rings. The fourth-order valence-electron chi connectivity index (χ4n) is 7.22. The van der Waals surface area contributed by atoms with Crippen LogP contribution >= 0.6 is 8.53 Å². The number of fused-ring (bicyclic) bond motifs is 1. The SMILES string of the molecule is C=C/C=C\C=C/CC(OC[C@H]1O[C@@H](n2cnc3c(=O)[nH]c(/N=C(\C)N(C)C)nc32)C[C@H]1OP(OCCC#N)N(C(C)C)C(C)C)(C1=CC[C@H](OC)C=C1)c1ccc(OC)cc1. The zero-order valence-corrected chi connectivity index (χ0v) is 37.7. The van der Waals surface area contributed by atoms with Crippen LogP contribution in [0.3, 0.4) is 0 Å². The highest BCUT2D eigenvalue weighted by Crippen LogP contribution is 2.51. The first kappa shape index (κ1) is 47.3. The molecule has 15 nitrogen and oxygen atoms in total. The first-order valence-corrected chi connectivity index (χ1v) is 21.7. The van der Waals surface area contributed by atoms with Gasteiger partial charge in [0.1, 0.15) is 29.5 Å². The normalized spacial score (nSPS) is 21.2. The smallest absolute Gasteiger partial charge is 0.280 e. The highest BCUT2D eigenvalue weighted by Gasteiger charge is 2.45. The first-order chi connectivity index (χ1) is 29.3. The lowest BCUT2D eigenvalue weighted by Gasteiger charge is -2.39. The second kappa shape index (κ2) is 22.4. The highest BCUT2D eigenvalue weighted by molar-refractivity contribution is 7.44. The number of benzene rings is 1. The third-order valence-corrected chi connectivity index (χ3v) is 12.6. The number of nitriles is 1. The number of allylic oxidation sites excluding steroid dienone is 4. The van der Waals surface area contributed by atoms with Crippen molar-refractivity contribution >= 4 is 31.5 Å². The van der Waals surface area contributed by atoms with E-state index in [-0.39, 0.29) is 49.3 Å². The van der Waals surface area contributed by atoms with Gasteiger partial charge in [-0.1, -0.05) is 67.3 Å². The molecular weight excluding hydrogens is 796 g/mol. The molecule has 0 spiro atoms. The van der Waals surface area contributed by atoms with E-state index in [0.717, 1.165) is 16.9 Å². The Hall–Kier alpha value is -4.78. The summed E-state index contributed by atoms with van der Waals surface area (Å²) in [5.74, 6) is 1.54. The second-order valence-corrected chi connectivity index (χ2v) is 16.9. The number of hydrogen-bond acceptors (Lipinski definition) is 12. The summed E-state index contributed by atoms with van der Waals surface area (Å²) in [6.45, 7) is 14.3. The topological polar surface area (TPSA) is 162 Å². The van der Waals surface area contributed by atoms with Crippen LogP contribution in [0.4, 0.5) is 5.95 Å². The Balaban J connectivity index is 1.61. The number of nitrogens with one attached hydrogen (secondary N) is 1. The number of H-pyrrole nitrogens is 1. The molecule has 3 heterocycles. The number of aliphatic imine (C=N–C) groups is 1. The summed E-state index contributed by atoms with van der Waals surface area (Å²) in [6, 6.07) is 10.3. The molecule has 1 saturated heterocycles. The van der Waals surface area contributed by atoms with Crippen LogP contribution in [0.2, 0.25) is 0 Å². The number of imidazole rings is 1. The van der Waals surface area contributed by atoms with E-state index in [1.54, 1.807) is 31.2 Å². The van der Waals surface area contributed by atoms with Crippen molar-refractivity contribution in [2.75, 3.05) is 41.5 Å². The van der Waals surface area contributed by atoms with Crippen molar-refractivity contribution in [2.45, 2.75) is 103 Å². The van der Waals surface area contributed by atoms with Gasteiger partial charge in [-0.05, 0) is 64.3 Å². The maximum Gasteiger partial charge on any atom is 0.280 e. The van der Waals surface area contributed by atoms with Crippen LogP contribution in [-0.4, -0.2) is 107 Å². The number of amidine groups is 1. The maximum absolute atomic E-state index is 13.3. The van der Waals surface area contributed by atoms with Gasteiger partial charge in [0.15, 0.2) is 11.2 Å². The van der Waals surface area contributed by atoms with E-state index in [1.165, 1.54) is 0 Å². The lowest BCUT2D eigenvalue weighted by Crippen LogP contribution is -2.39. The summed E-state index contributed by atoms with van der Waals surface area (Å²) in [5, 5.41) is 9.41. The third-order valence-electron chi connectivity index (χ3n) is 10.5. The van der Waals surface area contributed by atoms with E-state index in [4.69, 9.17) is 33.0 Å². The molecule has 61 heavy (non-hydrogen) atoms. The van der Waals surface area contributed by atoms with E-state index in [1.807, 2.05) is 68.4 Å². The Labute approximate surface area is 361 Å². The van der Waals surface area contributed by atoms with Gasteiger partial charge < -0.3 is 32.9 Å². The Morgan fingerprint density at radius 2 is 1.93 bits per heavy atom. The Bertz CT molecular complexity index is 2160. The van der Waals surface area contributed by atoms with Crippen molar-refractivity contribution in [3.05, 3.63) is 107 Å². The van der Waals surface area contributed by atoms with Gasteiger partial charge in [-0.25, -0.2) is 14.6 Å². The van der Waals surface area contributed by atoms with E-state index < -0.39 is 38.1 Å². The average Bonchev–Trinajstić information content (AvgIpc) is 3.86. The standard InChI is InChI=1S/C45H61N8O7P/c1-11-12-13-14-15-25-45(34-17-21-36(55-9)22-18-34,35-19-23-37(56-10)24-20-35)57-29-39-38(60-61(58-27-16-26-46)53(31(2)3)32(4)5)28-40(59-39)52-30-47-41-42(52)49-44(50-43(41)54)48-33(6)51(7)8/h11-15,17-23,30-32,37-40H,1,16,24-25,27-29H2,2-10H3,(H,49,50,54)/b13-12-,15-14-,48-33+/t37-,38-,39-,40-,45?,61?/m1/s1. The minimum Gasteiger partial charge on any atom is -0.497 e. The predicted molar refractivity (Wildman–Crippen MR) is 240 cm³/mol. The van der Waals surface area contributed by atoms with Gasteiger partial charge in [0, 0.05) is 46.1 Å². The van der Waals surface area contributed by atoms with Crippen LogP contribution in [-0.2, 0) is 28.9 Å². The van der Waals surface area contributed by atoms with Crippen LogP contribution in [0, 0.1) is 11.3 Å². The van der Waals surface area contributed by atoms with Crippen molar-refractivity contribution in [3.63, 3.8) is 0 Å². The molecular formula is C45H61N8O7P. The molecule has 328 valence electrons. The van der Waals surface area contributed by atoms with Crippen LogP contribution in [0.25, 0.3) is 11.2 Å². The van der Waals surface area contributed by atoms with Crippen LogP contribution < -0.4 is 10.3 Å². The summed E-state index contributed by atoms with van der Waals surface area (Å²) in [5.41, 5.74) is 0.985. The third kappa shape index (κ3) is 11.8. The minimum atomic E-state index is -1.66. The summed E-state index contributed by atoms with van der Waals surface area (Å²) in [7, 11) is 5.42. The average molecular weight is 857 g/mol. The maximum atomic E-state index is 13.3. The van der Waals surface area contributed by atoms with Crippen molar-refractivity contribution in [2.24, 2.45) is 4.99 Å². The fraction of sp³-hybridized carbons (Fsp3) is 0.489. The first-order valence-electron chi connectivity index (χ1n) is 20.6. The van der Waals surface area contributed by atoms with Gasteiger partial charge in [-0.2, -0.15) is 10.2 Å². The quantitative estimate of drug-likeness (QED) is 0.0360. The van der Waals surface area contributed by atoms with Gasteiger partial charge in [0.25, 0.3) is 14.1 Å². The molecule has 2 unspecified atom stereocenters. The molecule has 0 bridgehead atoms. The number of aromatic nitrogens is 4. The minimum absolute atomic E-state index is 0.0610. The van der Waals surface area contributed by atoms with Gasteiger partial charge in [-0.15, -0.1) is 0 Å². The molecule has 3 aromatic rings. The molecule has 1 aromatic carbocycles. The van der Waals surface area contributed by atoms with Gasteiger partial charge in [0.2, 0.25) is 5.95 Å². The Kier molecular flexibility index (Phi) is 17.3. The lowest BCUT2D eigenvalue weighted by atomic mass is 9.80. The summed E-state index contributed by atoms with van der Waals surface area (Å²) in [6.07, 6.45) is 17.3. The molecule has 0 saturated carbocycles. The predicted octanol–water partition coefficient (Wildman–Crippen LogP) is 8.19. The zero-order chi connectivity index (χ0) is 44.1. The van der Waals surface area contributed by atoms with E-state index in [9.17, 15) is 10.1 Å². The number of rotatable bonds is 21. The van der Waals surface area contributed by atoms with Gasteiger partial charge in [0.05, 0.1) is 51.3 Å². The highest BCUT2D eigenvalue weighted by atomic mass is 31.2. The molecule has 0 radical (unpaired) electrons. The largest absolute Gasteiger partial charge is 0.497 e. The molecule has 1 aliphatic carbocycles. The number of nitrogens with zero attached hydrogens (tertiary/aromatic N) is 7. The summed E-state index contributed by atoms with van der Waals surface area (Å²) in [4.78, 5) is 31.6. The summed E-state index contributed by atoms with van der Waals surface area (Å²) < 4.78 is 42.9. The monoisotopic (exact) mass is 856 g/mol. The van der Waals surface area contributed by atoms with Crippen LogP contribution in [0.5, 0.6) is 5.75 Å². The number of methoxy groups -OCH3 is 2. The lowest BCUT2D eigenvalue weighted by molar-refractivity contribution is -0.103. The molecule has 1 N–H and O–H groups in total. The van der Waals surface area contributed by atoms with Crippen molar-refractivity contribution in [3.8, 4) is 11.8 Å². The number of hydrogen-bond donors (Lipinski definition) is 1. The van der Waals surface area contributed by atoms with Crippen molar-refractivity contribution in [1.29, 1.82) is 5.26 Å². The molecule has 6 atom stereocenters.